The van der Waals surface area contributed by atoms with Crippen molar-refractivity contribution < 1.29 is 18.8 Å². The lowest BCUT2D eigenvalue weighted by Crippen LogP contribution is -2.59. The third kappa shape index (κ3) is 2.98. The van der Waals surface area contributed by atoms with Crippen LogP contribution in [0.2, 0.25) is 0 Å². The van der Waals surface area contributed by atoms with Gasteiger partial charge in [-0.1, -0.05) is 6.07 Å². The van der Waals surface area contributed by atoms with Gasteiger partial charge in [0.1, 0.15) is 11.9 Å². The summed E-state index contributed by atoms with van der Waals surface area (Å²) >= 11 is 0. The molecule has 0 bridgehead atoms. The monoisotopic (exact) mass is 333 g/mol. The van der Waals surface area contributed by atoms with Gasteiger partial charge in [-0.3, -0.25) is 14.4 Å². The van der Waals surface area contributed by atoms with Crippen LogP contribution in [0.25, 0.3) is 0 Å². The number of hydrogen-bond donors (Lipinski definition) is 1. The number of rotatable bonds is 2. The molecule has 2 fully saturated rings. The molecule has 0 unspecified atom stereocenters. The van der Waals surface area contributed by atoms with Gasteiger partial charge in [0.25, 0.3) is 5.91 Å². The molecule has 3 rings (SSSR count). The van der Waals surface area contributed by atoms with Crippen molar-refractivity contribution in [3.63, 3.8) is 0 Å². The van der Waals surface area contributed by atoms with E-state index in [2.05, 4.69) is 5.32 Å². The number of carbonyl (C=O) groups is 3. The maximum atomic E-state index is 13.2. The van der Waals surface area contributed by atoms with E-state index in [4.69, 9.17) is 0 Å². The topological polar surface area (TPSA) is 69.7 Å². The highest BCUT2D eigenvalue weighted by Gasteiger charge is 2.44. The van der Waals surface area contributed by atoms with Crippen LogP contribution in [-0.2, 0) is 9.59 Å². The molecule has 1 aromatic rings. The SMILES string of the molecule is CC(=O)N1C[C@@H]2C[C@H](NC(=O)c3cccc(F)c3)CN2C(=O)[C@@H]1C. The predicted molar refractivity (Wildman–Crippen MR) is 84.6 cm³/mol. The molecule has 3 atom stereocenters. The van der Waals surface area contributed by atoms with E-state index in [0.29, 0.717) is 19.5 Å². The summed E-state index contributed by atoms with van der Waals surface area (Å²) in [4.78, 5) is 39.6. The second-order valence-corrected chi connectivity index (χ2v) is 6.41. The lowest BCUT2D eigenvalue weighted by molar-refractivity contribution is -0.151. The molecule has 2 aliphatic heterocycles. The Hall–Kier alpha value is -2.44. The van der Waals surface area contributed by atoms with Gasteiger partial charge < -0.3 is 15.1 Å². The molecule has 7 heteroatoms. The standard InChI is InChI=1S/C17H20FN3O3/c1-10-17(24)21-8-14(7-15(21)9-20(10)11(2)22)19-16(23)12-4-3-5-13(18)6-12/h3-6,10,14-15H,7-9H2,1-2H3,(H,19,23)/t10-,14-,15-/m0/s1. The highest BCUT2D eigenvalue weighted by atomic mass is 19.1. The van der Waals surface area contributed by atoms with Gasteiger partial charge >= 0.3 is 0 Å². The molecule has 0 spiro atoms. The van der Waals surface area contributed by atoms with E-state index in [1.165, 1.54) is 25.1 Å². The molecule has 0 radical (unpaired) electrons. The Morgan fingerprint density at radius 1 is 1.29 bits per heavy atom. The van der Waals surface area contributed by atoms with E-state index in [9.17, 15) is 18.8 Å². The molecule has 0 aliphatic carbocycles. The molecule has 128 valence electrons. The third-order valence-corrected chi connectivity index (χ3v) is 4.76. The number of piperazine rings is 1. The quantitative estimate of drug-likeness (QED) is 0.869. The van der Waals surface area contributed by atoms with Gasteiger partial charge in [0.15, 0.2) is 0 Å². The Bertz CT molecular complexity index is 693. The van der Waals surface area contributed by atoms with Crippen LogP contribution in [0.5, 0.6) is 0 Å². The summed E-state index contributed by atoms with van der Waals surface area (Å²) in [5.41, 5.74) is 0.255. The zero-order valence-electron chi connectivity index (χ0n) is 13.7. The van der Waals surface area contributed by atoms with Crippen molar-refractivity contribution in [2.24, 2.45) is 0 Å². The minimum Gasteiger partial charge on any atom is -0.347 e. The zero-order valence-corrected chi connectivity index (χ0v) is 13.7. The summed E-state index contributed by atoms with van der Waals surface area (Å²) < 4.78 is 13.2. The van der Waals surface area contributed by atoms with Crippen LogP contribution in [0.15, 0.2) is 24.3 Å². The first-order valence-electron chi connectivity index (χ1n) is 8.01. The van der Waals surface area contributed by atoms with Crippen LogP contribution >= 0.6 is 0 Å². The number of nitrogens with zero attached hydrogens (tertiary/aromatic N) is 2. The van der Waals surface area contributed by atoms with Crippen molar-refractivity contribution in [3.05, 3.63) is 35.6 Å². The molecule has 24 heavy (non-hydrogen) atoms. The summed E-state index contributed by atoms with van der Waals surface area (Å²) in [6.07, 6.45) is 0.587. The fraction of sp³-hybridized carbons (Fsp3) is 0.471. The highest BCUT2D eigenvalue weighted by molar-refractivity contribution is 5.94. The predicted octanol–water partition coefficient (Wildman–Crippen LogP) is 0.776. The fourth-order valence-corrected chi connectivity index (χ4v) is 3.52. The zero-order chi connectivity index (χ0) is 17.4. The number of hydrogen-bond acceptors (Lipinski definition) is 3. The average molecular weight is 333 g/mol. The van der Waals surface area contributed by atoms with Crippen molar-refractivity contribution in [1.82, 2.24) is 15.1 Å². The average Bonchev–Trinajstić information content (AvgIpc) is 2.93. The van der Waals surface area contributed by atoms with Gasteiger partial charge in [-0.05, 0) is 31.5 Å². The number of fused-ring (bicyclic) bond motifs is 1. The molecule has 6 nitrogen and oxygen atoms in total. The highest BCUT2D eigenvalue weighted by Crippen LogP contribution is 2.26. The second-order valence-electron chi connectivity index (χ2n) is 6.41. The number of amides is 3. The number of nitrogens with one attached hydrogen (secondary N) is 1. The number of carbonyl (C=O) groups excluding carboxylic acids is 3. The van der Waals surface area contributed by atoms with E-state index in [-0.39, 0.29) is 35.4 Å². The molecule has 3 amide bonds. The van der Waals surface area contributed by atoms with Crippen molar-refractivity contribution in [2.75, 3.05) is 13.1 Å². The van der Waals surface area contributed by atoms with E-state index >= 15 is 0 Å². The fourth-order valence-electron chi connectivity index (χ4n) is 3.52. The Morgan fingerprint density at radius 3 is 2.71 bits per heavy atom. The molecule has 0 aromatic heterocycles. The lowest BCUT2D eigenvalue weighted by Gasteiger charge is -2.40. The van der Waals surface area contributed by atoms with Crippen molar-refractivity contribution in [1.29, 1.82) is 0 Å². The van der Waals surface area contributed by atoms with Gasteiger partial charge in [-0.2, -0.15) is 0 Å². The first-order valence-corrected chi connectivity index (χ1v) is 8.01. The van der Waals surface area contributed by atoms with Gasteiger partial charge in [0.05, 0.1) is 6.04 Å². The second kappa shape index (κ2) is 6.22. The lowest BCUT2D eigenvalue weighted by atomic mass is 10.1. The molecule has 2 aliphatic rings. The third-order valence-electron chi connectivity index (χ3n) is 4.76. The molecular weight excluding hydrogens is 313 g/mol. The van der Waals surface area contributed by atoms with Crippen molar-refractivity contribution in [3.8, 4) is 0 Å². The summed E-state index contributed by atoms with van der Waals surface area (Å²) in [5, 5.41) is 2.86. The summed E-state index contributed by atoms with van der Waals surface area (Å²) in [5.74, 6) is -1.04. The molecule has 0 saturated carbocycles. The normalized spacial score (nSPS) is 26.3. The Labute approximate surface area is 139 Å². The van der Waals surface area contributed by atoms with Crippen molar-refractivity contribution in [2.45, 2.75) is 38.4 Å². The van der Waals surface area contributed by atoms with Crippen molar-refractivity contribution >= 4 is 17.7 Å². The maximum Gasteiger partial charge on any atom is 0.251 e. The van der Waals surface area contributed by atoms with Crippen LogP contribution in [-0.4, -0.2) is 58.7 Å². The minimum absolute atomic E-state index is 0.0876. The first-order chi connectivity index (χ1) is 11.4. The maximum absolute atomic E-state index is 13.2. The van der Waals surface area contributed by atoms with Crippen LogP contribution in [0.1, 0.15) is 30.6 Å². The van der Waals surface area contributed by atoms with E-state index < -0.39 is 11.9 Å². The number of benzene rings is 1. The number of halogens is 1. The van der Waals surface area contributed by atoms with Gasteiger partial charge in [0, 0.05) is 31.6 Å². The van der Waals surface area contributed by atoms with Crippen LogP contribution < -0.4 is 5.32 Å². The Balaban J connectivity index is 1.68. The van der Waals surface area contributed by atoms with Crippen LogP contribution in [0.3, 0.4) is 0 Å². The van der Waals surface area contributed by atoms with Crippen LogP contribution in [0.4, 0.5) is 4.39 Å². The molecule has 2 saturated heterocycles. The van der Waals surface area contributed by atoms with E-state index in [0.717, 1.165) is 0 Å². The summed E-state index contributed by atoms with van der Waals surface area (Å²) in [6.45, 7) is 4.07. The molecule has 2 heterocycles. The first kappa shape index (κ1) is 16.4. The summed E-state index contributed by atoms with van der Waals surface area (Å²) in [6, 6.07) is 4.73. The van der Waals surface area contributed by atoms with Crippen LogP contribution in [0, 0.1) is 5.82 Å². The Kier molecular flexibility index (Phi) is 4.26. The summed E-state index contributed by atoms with van der Waals surface area (Å²) in [7, 11) is 0. The molecule has 1 aromatic carbocycles. The minimum atomic E-state index is -0.476. The smallest absolute Gasteiger partial charge is 0.251 e. The van der Waals surface area contributed by atoms with E-state index in [1.807, 2.05) is 0 Å². The molecular formula is C17H20FN3O3. The Morgan fingerprint density at radius 2 is 2.04 bits per heavy atom. The largest absolute Gasteiger partial charge is 0.347 e. The van der Waals surface area contributed by atoms with E-state index in [1.54, 1.807) is 22.8 Å². The van der Waals surface area contributed by atoms with Gasteiger partial charge in [0.2, 0.25) is 11.8 Å². The van der Waals surface area contributed by atoms with Gasteiger partial charge in [-0.25, -0.2) is 4.39 Å². The molecule has 1 N–H and O–H groups in total. The van der Waals surface area contributed by atoms with Gasteiger partial charge in [-0.15, -0.1) is 0 Å².